The summed E-state index contributed by atoms with van der Waals surface area (Å²) in [6, 6.07) is 0. The molecule has 0 aromatic rings. The summed E-state index contributed by atoms with van der Waals surface area (Å²) in [4.78, 5) is 0. The Balaban J connectivity index is 2.68. The predicted molar refractivity (Wildman–Crippen MR) is 60.8 cm³/mol. The minimum Gasteiger partial charge on any atom is -0.381 e. The third kappa shape index (κ3) is 3.16. The lowest BCUT2D eigenvalue weighted by Crippen LogP contribution is -2.50. The van der Waals surface area contributed by atoms with Crippen LogP contribution in [0.2, 0.25) is 0 Å². The zero-order chi connectivity index (χ0) is 11.4. The summed E-state index contributed by atoms with van der Waals surface area (Å²) in [5.74, 6) is 0. The molecule has 0 aromatic heterocycles. The fourth-order valence-corrected chi connectivity index (χ4v) is 3.19. The van der Waals surface area contributed by atoms with Crippen LogP contribution in [0.5, 0.6) is 0 Å². The molecular formula is C10H21NO3S. The zero-order valence-electron chi connectivity index (χ0n) is 9.58. The van der Waals surface area contributed by atoms with Crippen LogP contribution in [0.4, 0.5) is 0 Å². The molecule has 0 aliphatic carbocycles. The Bertz CT molecular complexity index is 281. The first-order valence-corrected chi connectivity index (χ1v) is 7.39. The lowest BCUT2D eigenvalue weighted by molar-refractivity contribution is 0.0746. The normalized spacial score (nSPS) is 21.5. The molecule has 1 rings (SSSR count). The van der Waals surface area contributed by atoms with Crippen LogP contribution in [0.1, 0.15) is 26.2 Å². The van der Waals surface area contributed by atoms with Gasteiger partial charge in [0.25, 0.3) is 0 Å². The van der Waals surface area contributed by atoms with Gasteiger partial charge in [-0.2, -0.15) is 0 Å². The van der Waals surface area contributed by atoms with E-state index < -0.39 is 14.6 Å². The lowest BCUT2D eigenvalue weighted by Gasteiger charge is -2.35. The first kappa shape index (κ1) is 12.9. The van der Waals surface area contributed by atoms with Gasteiger partial charge in [-0.3, -0.25) is 0 Å². The van der Waals surface area contributed by atoms with E-state index in [-0.39, 0.29) is 0 Å². The van der Waals surface area contributed by atoms with Crippen molar-refractivity contribution in [1.29, 1.82) is 0 Å². The SMILES string of the molecule is CCCNCC1(S(C)(=O)=O)CCOCC1. The van der Waals surface area contributed by atoms with Gasteiger partial charge in [0.05, 0.1) is 4.75 Å². The molecule has 1 saturated heterocycles. The van der Waals surface area contributed by atoms with E-state index in [1.807, 2.05) is 0 Å². The first-order chi connectivity index (χ1) is 7.02. The molecule has 0 spiro atoms. The summed E-state index contributed by atoms with van der Waals surface area (Å²) < 4.78 is 28.3. The van der Waals surface area contributed by atoms with Crippen molar-refractivity contribution in [3.05, 3.63) is 0 Å². The third-order valence-electron chi connectivity index (χ3n) is 3.06. The van der Waals surface area contributed by atoms with E-state index >= 15 is 0 Å². The second-order valence-corrected chi connectivity index (χ2v) is 6.65. The standard InChI is InChI=1S/C10H21NO3S/c1-3-6-11-9-10(15(2,12)13)4-7-14-8-5-10/h11H,3-9H2,1-2H3. The molecule has 0 bridgehead atoms. The van der Waals surface area contributed by atoms with Crippen LogP contribution in [0.15, 0.2) is 0 Å². The van der Waals surface area contributed by atoms with Gasteiger partial charge in [-0.05, 0) is 25.8 Å². The maximum atomic E-state index is 11.8. The van der Waals surface area contributed by atoms with Crippen molar-refractivity contribution >= 4 is 9.84 Å². The Kier molecular flexibility index (Phi) is 4.55. The van der Waals surface area contributed by atoms with Gasteiger partial charge in [0, 0.05) is 26.0 Å². The summed E-state index contributed by atoms with van der Waals surface area (Å²) in [7, 11) is -3.01. The average Bonchev–Trinajstić information content (AvgIpc) is 2.18. The van der Waals surface area contributed by atoms with Crippen LogP contribution in [0.3, 0.4) is 0 Å². The van der Waals surface area contributed by atoms with Gasteiger partial charge in [0.15, 0.2) is 9.84 Å². The summed E-state index contributed by atoms with van der Waals surface area (Å²) in [5.41, 5.74) is 0. The zero-order valence-corrected chi connectivity index (χ0v) is 10.4. The highest BCUT2D eigenvalue weighted by Gasteiger charge is 2.41. The monoisotopic (exact) mass is 235 g/mol. The van der Waals surface area contributed by atoms with E-state index in [9.17, 15) is 8.42 Å². The summed E-state index contributed by atoms with van der Waals surface area (Å²) in [6.07, 6.45) is 3.59. The van der Waals surface area contributed by atoms with E-state index in [1.54, 1.807) is 0 Å². The topological polar surface area (TPSA) is 55.4 Å². The number of hydrogen-bond donors (Lipinski definition) is 1. The summed E-state index contributed by atoms with van der Waals surface area (Å²) >= 11 is 0. The maximum Gasteiger partial charge on any atom is 0.154 e. The van der Waals surface area contributed by atoms with E-state index in [0.717, 1.165) is 13.0 Å². The Morgan fingerprint density at radius 2 is 1.93 bits per heavy atom. The number of nitrogens with one attached hydrogen (secondary N) is 1. The minimum absolute atomic E-state index is 0.556. The van der Waals surface area contributed by atoms with Crippen molar-refractivity contribution in [1.82, 2.24) is 5.32 Å². The van der Waals surface area contributed by atoms with Crippen molar-refractivity contribution in [2.45, 2.75) is 30.9 Å². The van der Waals surface area contributed by atoms with Gasteiger partial charge < -0.3 is 10.1 Å². The molecule has 0 amide bonds. The number of ether oxygens (including phenoxy) is 1. The Labute approximate surface area is 92.3 Å². The molecule has 15 heavy (non-hydrogen) atoms. The van der Waals surface area contributed by atoms with Crippen LogP contribution >= 0.6 is 0 Å². The van der Waals surface area contributed by atoms with Gasteiger partial charge in [-0.1, -0.05) is 6.92 Å². The van der Waals surface area contributed by atoms with E-state index in [4.69, 9.17) is 4.74 Å². The molecule has 5 heteroatoms. The molecule has 0 atom stereocenters. The van der Waals surface area contributed by atoms with E-state index in [2.05, 4.69) is 12.2 Å². The van der Waals surface area contributed by atoms with Crippen LogP contribution in [-0.2, 0) is 14.6 Å². The van der Waals surface area contributed by atoms with Crippen molar-refractivity contribution in [3.63, 3.8) is 0 Å². The highest BCUT2D eigenvalue weighted by Crippen LogP contribution is 2.28. The van der Waals surface area contributed by atoms with Crippen molar-refractivity contribution in [3.8, 4) is 0 Å². The van der Waals surface area contributed by atoms with Crippen molar-refractivity contribution < 1.29 is 13.2 Å². The lowest BCUT2D eigenvalue weighted by atomic mass is 9.99. The number of hydrogen-bond acceptors (Lipinski definition) is 4. The smallest absolute Gasteiger partial charge is 0.154 e. The van der Waals surface area contributed by atoms with Gasteiger partial charge in [-0.15, -0.1) is 0 Å². The van der Waals surface area contributed by atoms with Crippen LogP contribution < -0.4 is 5.32 Å². The number of sulfone groups is 1. The van der Waals surface area contributed by atoms with Crippen molar-refractivity contribution in [2.24, 2.45) is 0 Å². The summed E-state index contributed by atoms with van der Waals surface area (Å²) in [6.45, 7) is 4.62. The van der Waals surface area contributed by atoms with E-state index in [0.29, 0.717) is 32.6 Å². The molecule has 0 saturated carbocycles. The fourth-order valence-electron chi connectivity index (χ4n) is 1.92. The molecule has 0 unspecified atom stereocenters. The second kappa shape index (κ2) is 5.27. The molecule has 4 nitrogen and oxygen atoms in total. The molecule has 0 radical (unpaired) electrons. The third-order valence-corrected chi connectivity index (χ3v) is 5.19. The van der Waals surface area contributed by atoms with Gasteiger partial charge in [0.1, 0.15) is 0 Å². The Morgan fingerprint density at radius 3 is 2.40 bits per heavy atom. The number of rotatable bonds is 5. The van der Waals surface area contributed by atoms with Crippen LogP contribution in [0.25, 0.3) is 0 Å². The molecule has 1 aliphatic rings. The van der Waals surface area contributed by atoms with Crippen LogP contribution in [0, 0.1) is 0 Å². The van der Waals surface area contributed by atoms with Gasteiger partial charge in [0.2, 0.25) is 0 Å². The molecule has 1 aliphatic heterocycles. The van der Waals surface area contributed by atoms with E-state index in [1.165, 1.54) is 6.26 Å². The van der Waals surface area contributed by atoms with Crippen molar-refractivity contribution in [2.75, 3.05) is 32.6 Å². The predicted octanol–water partition coefficient (Wildman–Crippen LogP) is 0.580. The Morgan fingerprint density at radius 1 is 1.33 bits per heavy atom. The highest BCUT2D eigenvalue weighted by molar-refractivity contribution is 7.92. The molecule has 1 fully saturated rings. The second-order valence-electron chi connectivity index (χ2n) is 4.24. The molecule has 0 aromatic carbocycles. The van der Waals surface area contributed by atoms with Crippen LogP contribution in [-0.4, -0.2) is 45.7 Å². The highest BCUT2D eigenvalue weighted by atomic mass is 32.2. The molecule has 1 heterocycles. The fraction of sp³-hybridized carbons (Fsp3) is 1.00. The van der Waals surface area contributed by atoms with Gasteiger partial charge >= 0.3 is 0 Å². The largest absolute Gasteiger partial charge is 0.381 e. The average molecular weight is 235 g/mol. The molecular weight excluding hydrogens is 214 g/mol. The molecule has 1 N–H and O–H groups in total. The minimum atomic E-state index is -3.01. The first-order valence-electron chi connectivity index (χ1n) is 5.50. The van der Waals surface area contributed by atoms with Gasteiger partial charge in [-0.25, -0.2) is 8.42 Å². The maximum absolute atomic E-state index is 11.8. The summed E-state index contributed by atoms with van der Waals surface area (Å²) in [5, 5.41) is 3.22. The quantitative estimate of drug-likeness (QED) is 0.708. The molecule has 90 valence electrons. The Hall–Kier alpha value is -0.130.